The van der Waals surface area contributed by atoms with Crippen molar-refractivity contribution in [3.8, 4) is 11.5 Å². The quantitative estimate of drug-likeness (QED) is 0.827. The highest BCUT2D eigenvalue weighted by atomic mass is 16.5. The van der Waals surface area contributed by atoms with E-state index in [1.54, 1.807) is 14.2 Å². The maximum absolute atomic E-state index is 12.8. The van der Waals surface area contributed by atoms with Gasteiger partial charge in [0.25, 0.3) is 5.91 Å². The van der Waals surface area contributed by atoms with Crippen molar-refractivity contribution < 1.29 is 14.3 Å². The molecule has 0 aliphatic carbocycles. The Kier molecular flexibility index (Phi) is 6.25. The standard InChI is InChI=1S/C23H30N2O3/c1-6-25-12-11-18-13-20(27-4)21(28-5)14-19(18)22(25)16(3)24-23(26)17-9-7-15(2)8-10-17/h7-10,13-14,16,22H,6,11-12H2,1-5H3,(H,24,26). The Morgan fingerprint density at radius 1 is 1.18 bits per heavy atom. The van der Waals surface area contributed by atoms with E-state index in [0.29, 0.717) is 5.56 Å². The van der Waals surface area contributed by atoms with E-state index in [9.17, 15) is 4.79 Å². The smallest absolute Gasteiger partial charge is 0.251 e. The van der Waals surface area contributed by atoms with Gasteiger partial charge in [0.15, 0.2) is 11.5 Å². The van der Waals surface area contributed by atoms with Crippen molar-refractivity contribution in [2.75, 3.05) is 27.3 Å². The molecule has 0 saturated carbocycles. The Hall–Kier alpha value is -2.53. The predicted molar refractivity (Wildman–Crippen MR) is 111 cm³/mol. The van der Waals surface area contributed by atoms with E-state index < -0.39 is 0 Å². The first-order valence-corrected chi connectivity index (χ1v) is 9.84. The number of amides is 1. The molecule has 0 bridgehead atoms. The lowest BCUT2D eigenvalue weighted by Crippen LogP contribution is -2.47. The molecule has 3 rings (SSSR count). The van der Waals surface area contributed by atoms with Crippen LogP contribution in [-0.4, -0.2) is 44.2 Å². The third-order valence-electron chi connectivity index (χ3n) is 5.58. The molecule has 1 heterocycles. The lowest BCUT2D eigenvalue weighted by molar-refractivity contribution is 0.0889. The van der Waals surface area contributed by atoms with Crippen molar-refractivity contribution in [3.63, 3.8) is 0 Å². The molecule has 5 nitrogen and oxygen atoms in total. The van der Waals surface area contributed by atoms with Crippen LogP contribution in [0.2, 0.25) is 0 Å². The number of carbonyl (C=O) groups is 1. The molecule has 0 spiro atoms. The highest BCUT2D eigenvalue weighted by Crippen LogP contribution is 2.39. The first-order chi connectivity index (χ1) is 13.5. The van der Waals surface area contributed by atoms with Crippen LogP contribution in [0.4, 0.5) is 0 Å². The minimum Gasteiger partial charge on any atom is -0.493 e. The number of rotatable bonds is 6. The molecule has 2 aromatic rings. The van der Waals surface area contributed by atoms with E-state index in [1.807, 2.05) is 31.2 Å². The largest absolute Gasteiger partial charge is 0.493 e. The van der Waals surface area contributed by atoms with Crippen LogP contribution in [0.5, 0.6) is 11.5 Å². The summed E-state index contributed by atoms with van der Waals surface area (Å²) in [6, 6.07) is 11.8. The van der Waals surface area contributed by atoms with Crippen LogP contribution < -0.4 is 14.8 Å². The maximum atomic E-state index is 12.8. The molecule has 2 aromatic carbocycles. The molecule has 2 atom stereocenters. The topological polar surface area (TPSA) is 50.8 Å². The van der Waals surface area contributed by atoms with Crippen molar-refractivity contribution in [3.05, 3.63) is 58.7 Å². The number of methoxy groups -OCH3 is 2. The molecule has 0 radical (unpaired) electrons. The molecule has 1 N–H and O–H groups in total. The van der Waals surface area contributed by atoms with Crippen LogP contribution >= 0.6 is 0 Å². The van der Waals surface area contributed by atoms with Gasteiger partial charge in [-0.25, -0.2) is 0 Å². The molecule has 2 unspecified atom stereocenters. The number of carbonyl (C=O) groups excluding carboxylic acids is 1. The van der Waals surface area contributed by atoms with E-state index in [2.05, 4.69) is 36.2 Å². The number of nitrogens with one attached hydrogen (secondary N) is 1. The van der Waals surface area contributed by atoms with Gasteiger partial charge in [-0.05, 0) is 62.2 Å². The van der Waals surface area contributed by atoms with Gasteiger partial charge in [-0.2, -0.15) is 0 Å². The second-order valence-electron chi connectivity index (χ2n) is 7.36. The van der Waals surface area contributed by atoms with Crippen molar-refractivity contribution >= 4 is 5.91 Å². The van der Waals surface area contributed by atoms with E-state index in [1.165, 1.54) is 11.1 Å². The van der Waals surface area contributed by atoms with E-state index >= 15 is 0 Å². The summed E-state index contributed by atoms with van der Waals surface area (Å²) in [5, 5.41) is 3.20. The summed E-state index contributed by atoms with van der Waals surface area (Å²) in [6.45, 7) is 8.13. The zero-order valence-electron chi connectivity index (χ0n) is 17.4. The van der Waals surface area contributed by atoms with Crippen molar-refractivity contribution in [2.24, 2.45) is 0 Å². The summed E-state index contributed by atoms with van der Waals surface area (Å²) in [7, 11) is 3.32. The zero-order chi connectivity index (χ0) is 20.3. The molecular formula is C23H30N2O3. The van der Waals surface area contributed by atoms with Crippen LogP contribution in [-0.2, 0) is 6.42 Å². The summed E-state index contributed by atoms with van der Waals surface area (Å²) >= 11 is 0. The Bertz CT molecular complexity index is 832. The minimum atomic E-state index is -0.0501. The van der Waals surface area contributed by atoms with Crippen LogP contribution in [0.25, 0.3) is 0 Å². The number of fused-ring (bicyclic) bond motifs is 1. The second kappa shape index (κ2) is 8.65. The number of hydrogen-bond donors (Lipinski definition) is 1. The molecule has 5 heteroatoms. The van der Waals surface area contributed by atoms with Crippen LogP contribution in [0.15, 0.2) is 36.4 Å². The van der Waals surface area contributed by atoms with E-state index in [-0.39, 0.29) is 18.0 Å². The zero-order valence-corrected chi connectivity index (χ0v) is 17.4. The van der Waals surface area contributed by atoms with Gasteiger partial charge in [0.05, 0.1) is 20.3 Å². The third kappa shape index (κ3) is 3.99. The van der Waals surface area contributed by atoms with Gasteiger partial charge in [0, 0.05) is 18.2 Å². The number of aryl methyl sites for hydroxylation is 1. The summed E-state index contributed by atoms with van der Waals surface area (Å²) in [4.78, 5) is 15.2. The lowest BCUT2D eigenvalue weighted by Gasteiger charge is -2.40. The lowest BCUT2D eigenvalue weighted by atomic mass is 9.88. The second-order valence-corrected chi connectivity index (χ2v) is 7.36. The van der Waals surface area contributed by atoms with Gasteiger partial charge in [0.2, 0.25) is 0 Å². The average molecular weight is 383 g/mol. The fraction of sp³-hybridized carbons (Fsp3) is 0.435. The fourth-order valence-corrected chi connectivity index (χ4v) is 4.04. The van der Waals surface area contributed by atoms with Gasteiger partial charge in [-0.3, -0.25) is 9.69 Å². The highest BCUT2D eigenvalue weighted by molar-refractivity contribution is 5.94. The van der Waals surface area contributed by atoms with Crippen molar-refractivity contribution in [2.45, 2.75) is 39.3 Å². The van der Waals surface area contributed by atoms with Gasteiger partial charge < -0.3 is 14.8 Å². The Morgan fingerprint density at radius 3 is 2.43 bits per heavy atom. The summed E-state index contributed by atoms with van der Waals surface area (Å²) in [5.41, 5.74) is 4.28. The van der Waals surface area contributed by atoms with Crippen molar-refractivity contribution in [1.29, 1.82) is 0 Å². The predicted octanol–water partition coefficient (Wildman–Crippen LogP) is 3.75. The average Bonchev–Trinajstić information content (AvgIpc) is 2.71. The van der Waals surface area contributed by atoms with Crippen LogP contribution in [0, 0.1) is 6.92 Å². The Morgan fingerprint density at radius 2 is 1.82 bits per heavy atom. The molecule has 0 saturated heterocycles. The van der Waals surface area contributed by atoms with Gasteiger partial charge >= 0.3 is 0 Å². The molecule has 1 amide bonds. The van der Waals surface area contributed by atoms with Gasteiger partial charge in [0.1, 0.15) is 0 Å². The minimum absolute atomic E-state index is 0.0452. The highest BCUT2D eigenvalue weighted by Gasteiger charge is 2.33. The first kappa shape index (κ1) is 20.2. The Labute approximate surface area is 167 Å². The fourth-order valence-electron chi connectivity index (χ4n) is 4.04. The molecule has 28 heavy (non-hydrogen) atoms. The van der Waals surface area contributed by atoms with E-state index in [0.717, 1.165) is 36.6 Å². The van der Waals surface area contributed by atoms with Crippen LogP contribution in [0.3, 0.4) is 0 Å². The molecule has 0 fully saturated rings. The molecule has 150 valence electrons. The number of hydrogen-bond acceptors (Lipinski definition) is 4. The van der Waals surface area contributed by atoms with Crippen LogP contribution in [0.1, 0.15) is 46.9 Å². The number of likely N-dealkylation sites (N-methyl/N-ethyl adjacent to an activating group) is 1. The first-order valence-electron chi connectivity index (χ1n) is 9.84. The molecular weight excluding hydrogens is 352 g/mol. The van der Waals surface area contributed by atoms with Gasteiger partial charge in [-0.1, -0.05) is 24.6 Å². The summed E-state index contributed by atoms with van der Waals surface area (Å²) in [5.74, 6) is 1.43. The number of benzene rings is 2. The normalized spacial score (nSPS) is 17.5. The SMILES string of the molecule is CCN1CCc2cc(OC)c(OC)cc2C1C(C)NC(=O)c1ccc(C)cc1. The molecule has 1 aliphatic rings. The third-order valence-corrected chi connectivity index (χ3v) is 5.58. The van der Waals surface area contributed by atoms with Crippen molar-refractivity contribution in [1.82, 2.24) is 10.2 Å². The maximum Gasteiger partial charge on any atom is 0.251 e. The number of ether oxygens (including phenoxy) is 2. The summed E-state index contributed by atoms with van der Waals surface area (Å²) < 4.78 is 11.0. The van der Waals surface area contributed by atoms with Gasteiger partial charge in [-0.15, -0.1) is 0 Å². The number of nitrogens with zero attached hydrogens (tertiary/aromatic N) is 1. The van der Waals surface area contributed by atoms with E-state index in [4.69, 9.17) is 9.47 Å². The molecule has 1 aliphatic heterocycles. The summed E-state index contributed by atoms with van der Waals surface area (Å²) in [6.07, 6.45) is 0.957. The molecule has 0 aromatic heterocycles. The Balaban J connectivity index is 1.90. The monoisotopic (exact) mass is 382 g/mol.